The summed E-state index contributed by atoms with van der Waals surface area (Å²) in [5, 5.41) is 4.83. The van der Waals surface area contributed by atoms with Crippen LogP contribution >= 0.6 is 11.3 Å². The van der Waals surface area contributed by atoms with E-state index >= 15 is 0 Å². The van der Waals surface area contributed by atoms with Crippen LogP contribution in [-0.4, -0.2) is 17.5 Å². The SMILES string of the molecule is O=C(Nc1nc(-c2ccccc2OC(F)F)cs1)C1CC1c1ccc(F)cc1. The number of ether oxygens (including phenoxy) is 1. The average Bonchev–Trinajstić information content (AvgIpc) is 3.34. The molecule has 0 aliphatic heterocycles. The molecule has 0 spiro atoms. The molecular formula is C20H15F3N2O2S. The molecule has 1 aliphatic rings. The zero-order valence-corrected chi connectivity index (χ0v) is 15.3. The fourth-order valence-corrected chi connectivity index (χ4v) is 3.81. The minimum absolute atomic E-state index is 0.0271. The van der Waals surface area contributed by atoms with Gasteiger partial charge in [-0.1, -0.05) is 24.3 Å². The number of para-hydroxylation sites is 1. The Labute approximate surface area is 163 Å². The van der Waals surface area contributed by atoms with Gasteiger partial charge in [-0.15, -0.1) is 11.3 Å². The van der Waals surface area contributed by atoms with Crippen molar-refractivity contribution in [3.05, 3.63) is 65.3 Å². The smallest absolute Gasteiger partial charge is 0.387 e. The second-order valence-corrected chi connectivity index (χ2v) is 7.26. The van der Waals surface area contributed by atoms with Crippen molar-refractivity contribution < 1.29 is 22.7 Å². The van der Waals surface area contributed by atoms with Crippen LogP contribution in [0, 0.1) is 11.7 Å². The number of rotatable bonds is 6. The highest BCUT2D eigenvalue weighted by atomic mass is 32.1. The number of carbonyl (C=O) groups excluding carboxylic acids is 1. The van der Waals surface area contributed by atoms with Gasteiger partial charge in [-0.2, -0.15) is 8.78 Å². The van der Waals surface area contributed by atoms with E-state index in [2.05, 4.69) is 15.0 Å². The predicted molar refractivity (Wildman–Crippen MR) is 100 cm³/mol. The third-order valence-electron chi connectivity index (χ3n) is 4.54. The third-order valence-corrected chi connectivity index (χ3v) is 5.30. The first kappa shape index (κ1) is 18.5. The van der Waals surface area contributed by atoms with E-state index in [0.29, 0.717) is 22.8 Å². The highest BCUT2D eigenvalue weighted by Crippen LogP contribution is 2.48. The number of anilines is 1. The van der Waals surface area contributed by atoms with E-state index in [-0.39, 0.29) is 29.3 Å². The first-order valence-electron chi connectivity index (χ1n) is 8.57. The van der Waals surface area contributed by atoms with Crippen molar-refractivity contribution in [2.75, 3.05) is 5.32 Å². The van der Waals surface area contributed by atoms with Crippen molar-refractivity contribution in [1.29, 1.82) is 0 Å². The van der Waals surface area contributed by atoms with E-state index in [9.17, 15) is 18.0 Å². The fourth-order valence-electron chi connectivity index (χ4n) is 3.09. The van der Waals surface area contributed by atoms with Gasteiger partial charge in [-0.3, -0.25) is 4.79 Å². The highest BCUT2D eigenvalue weighted by molar-refractivity contribution is 7.14. The van der Waals surface area contributed by atoms with Crippen LogP contribution in [0.3, 0.4) is 0 Å². The quantitative estimate of drug-likeness (QED) is 0.607. The minimum atomic E-state index is -2.93. The molecule has 1 saturated carbocycles. The number of benzene rings is 2. The van der Waals surface area contributed by atoms with E-state index in [0.717, 1.165) is 5.56 Å². The van der Waals surface area contributed by atoms with Crippen molar-refractivity contribution in [3.63, 3.8) is 0 Å². The molecule has 8 heteroatoms. The lowest BCUT2D eigenvalue weighted by Crippen LogP contribution is -2.14. The van der Waals surface area contributed by atoms with Crippen LogP contribution < -0.4 is 10.1 Å². The summed E-state index contributed by atoms with van der Waals surface area (Å²) in [6.07, 6.45) is 0.695. The van der Waals surface area contributed by atoms with E-state index in [4.69, 9.17) is 0 Å². The van der Waals surface area contributed by atoms with Crippen molar-refractivity contribution in [2.24, 2.45) is 5.92 Å². The zero-order valence-electron chi connectivity index (χ0n) is 14.4. The molecule has 1 aromatic heterocycles. The van der Waals surface area contributed by atoms with Crippen LogP contribution in [0.15, 0.2) is 53.9 Å². The lowest BCUT2D eigenvalue weighted by atomic mass is 10.1. The number of hydrogen-bond acceptors (Lipinski definition) is 4. The van der Waals surface area contributed by atoms with E-state index in [1.165, 1.54) is 29.5 Å². The summed E-state index contributed by atoms with van der Waals surface area (Å²) in [5.74, 6) is -0.559. The van der Waals surface area contributed by atoms with Gasteiger partial charge in [-0.25, -0.2) is 9.37 Å². The second-order valence-electron chi connectivity index (χ2n) is 6.40. The van der Waals surface area contributed by atoms with Crippen LogP contribution in [-0.2, 0) is 4.79 Å². The average molecular weight is 404 g/mol. The first-order valence-corrected chi connectivity index (χ1v) is 9.45. The number of carbonyl (C=O) groups is 1. The molecule has 2 aromatic carbocycles. The molecule has 3 aromatic rings. The molecule has 1 fully saturated rings. The maximum atomic E-state index is 13.0. The van der Waals surface area contributed by atoms with Gasteiger partial charge >= 0.3 is 6.61 Å². The largest absolute Gasteiger partial charge is 0.434 e. The lowest BCUT2D eigenvalue weighted by Gasteiger charge is -2.08. The molecule has 28 heavy (non-hydrogen) atoms. The van der Waals surface area contributed by atoms with E-state index in [1.807, 2.05) is 0 Å². The Hall–Kier alpha value is -2.87. The van der Waals surface area contributed by atoms with Gasteiger partial charge in [0.2, 0.25) is 5.91 Å². The molecule has 2 unspecified atom stereocenters. The number of nitrogens with one attached hydrogen (secondary N) is 1. The summed E-state index contributed by atoms with van der Waals surface area (Å²) in [6.45, 7) is -2.93. The number of amides is 1. The normalized spacial score (nSPS) is 18.1. The monoisotopic (exact) mass is 404 g/mol. The lowest BCUT2D eigenvalue weighted by molar-refractivity contribution is -0.117. The number of aromatic nitrogens is 1. The Morgan fingerprint density at radius 1 is 1.18 bits per heavy atom. The Balaban J connectivity index is 1.43. The van der Waals surface area contributed by atoms with Gasteiger partial charge in [0.25, 0.3) is 0 Å². The Morgan fingerprint density at radius 3 is 2.68 bits per heavy atom. The number of hydrogen-bond donors (Lipinski definition) is 1. The maximum Gasteiger partial charge on any atom is 0.387 e. The van der Waals surface area contributed by atoms with Crippen LogP contribution in [0.1, 0.15) is 17.9 Å². The number of nitrogens with zero attached hydrogens (tertiary/aromatic N) is 1. The molecule has 4 rings (SSSR count). The Kier molecular flexibility index (Phi) is 5.04. The number of alkyl halides is 2. The van der Waals surface area contributed by atoms with Crippen molar-refractivity contribution in [2.45, 2.75) is 19.0 Å². The van der Waals surface area contributed by atoms with Crippen LogP contribution in [0.2, 0.25) is 0 Å². The van der Waals surface area contributed by atoms with Gasteiger partial charge in [0.05, 0.1) is 5.69 Å². The zero-order chi connectivity index (χ0) is 19.7. The van der Waals surface area contributed by atoms with E-state index in [1.54, 1.807) is 35.7 Å². The summed E-state index contributed by atoms with van der Waals surface area (Å²) in [7, 11) is 0. The number of halogens is 3. The molecule has 1 heterocycles. The minimum Gasteiger partial charge on any atom is -0.434 e. The molecule has 1 amide bonds. The summed E-state index contributed by atoms with van der Waals surface area (Å²) in [4.78, 5) is 16.8. The van der Waals surface area contributed by atoms with Gasteiger partial charge in [0.15, 0.2) is 5.13 Å². The van der Waals surface area contributed by atoms with Crippen molar-refractivity contribution in [3.8, 4) is 17.0 Å². The molecule has 144 valence electrons. The van der Waals surface area contributed by atoms with Crippen molar-refractivity contribution >= 4 is 22.4 Å². The number of thiazole rings is 1. The second kappa shape index (κ2) is 7.63. The molecule has 2 atom stereocenters. The van der Waals surface area contributed by atoms with Crippen molar-refractivity contribution in [1.82, 2.24) is 4.98 Å². The Morgan fingerprint density at radius 2 is 1.93 bits per heavy atom. The molecule has 1 aliphatic carbocycles. The third kappa shape index (κ3) is 4.01. The molecule has 4 nitrogen and oxygen atoms in total. The van der Waals surface area contributed by atoms with Crippen LogP contribution in [0.25, 0.3) is 11.3 Å². The van der Waals surface area contributed by atoms with Gasteiger partial charge in [-0.05, 0) is 42.2 Å². The summed E-state index contributed by atoms with van der Waals surface area (Å²) < 4.78 is 42.7. The topological polar surface area (TPSA) is 51.2 Å². The van der Waals surface area contributed by atoms with Gasteiger partial charge in [0, 0.05) is 16.9 Å². The van der Waals surface area contributed by atoms with E-state index < -0.39 is 6.61 Å². The predicted octanol–water partition coefficient (Wildman–Crippen LogP) is 5.29. The molecule has 0 bridgehead atoms. The van der Waals surface area contributed by atoms with Crippen LogP contribution in [0.4, 0.5) is 18.3 Å². The van der Waals surface area contributed by atoms with Gasteiger partial charge < -0.3 is 10.1 Å². The molecule has 1 N–H and O–H groups in total. The maximum absolute atomic E-state index is 13.0. The summed E-state index contributed by atoms with van der Waals surface area (Å²) in [5.41, 5.74) is 1.80. The van der Waals surface area contributed by atoms with Gasteiger partial charge in [0.1, 0.15) is 11.6 Å². The summed E-state index contributed by atoms with van der Waals surface area (Å²) in [6, 6.07) is 12.5. The molecule has 0 radical (unpaired) electrons. The molecular weight excluding hydrogens is 389 g/mol. The standard InChI is InChI=1S/C20H15F3N2O2S/c21-12-7-5-11(6-8-12)14-9-15(14)18(26)25-20-24-16(10-28-20)13-3-1-2-4-17(13)27-19(22)23/h1-8,10,14-15,19H,9H2,(H,24,25,26). The molecule has 0 saturated heterocycles. The highest BCUT2D eigenvalue weighted by Gasteiger charge is 2.44. The first-order chi connectivity index (χ1) is 13.5. The fraction of sp³-hybridized carbons (Fsp3) is 0.200. The Bertz CT molecular complexity index is 991. The van der Waals surface area contributed by atoms with Crippen LogP contribution in [0.5, 0.6) is 5.75 Å². The summed E-state index contributed by atoms with van der Waals surface area (Å²) >= 11 is 1.21.